The number of hydrogen-bond acceptors (Lipinski definition) is 0. The van der Waals surface area contributed by atoms with Gasteiger partial charge in [-0.2, -0.15) is 0 Å². The van der Waals surface area contributed by atoms with Crippen molar-refractivity contribution in [2.75, 3.05) is 0 Å². The van der Waals surface area contributed by atoms with Gasteiger partial charge in [0.05, 0.1) is 0 Å². The number of fused-ring (bicyclic) bond motifs is 6. The zero-order valence-electron chi connectivity index (χ0n) is 33.8. The van der Waals surface area contributed by atoms with Gasteiger partial charge in [-0.05, 0) is 112 Å². The Hall–Kier alpha value is -6.59. The van der Waals surface area contributed by atoms with Crippen LogP contribution in [0.4, 0.5) is 0 Å². The third-order valence-electron chi connectivity index (χ3n) is 13.5. The minimum Gasteiger partial charge on any atom is -0.0623 e. The van der Waals surface area contributed by atoms with Crippen LogP contribution in [0.25, 0.3) is 22.3 Å². The van der Waals surface area contributed by atoms with Gasteiger partial charge in [-0.1, -0.05) is 231 Å². The molecule has 0 aromatic heterocycles. The van der Waals surface area contributed by atoms with Crippen LogP contribution in [0.1, 0.15) is 22.3 Å². The largest absolute Gasteiger partial charge is 0.180 e. The van der Waals surface area contributed by atoms with E-state index in [1.807, 2.05) is 0 Å². The van der Waals surface area contributed by atoms with Crippen LogP contribution in [0, 0.1) is 0 Å². The van der Waals surface area contributed by atoms with Gasteiger partial charge < -0.3 is 0 Å². The lowest BCUT2D eigenvalue weighted by Gasteiger charge is -2.31. The fourth-order valence-corrected chi connectivity index (χ4v) is 21.1. The number of hydrogen-bond donors (Lipinski definition) is 0. The van der Waals surface area contributed by atoms with Crippen LogP contribution in [0.15, 0.2) is 231 Å². The summed E-state index contributed by atoms with van der Waals surface area (Å²) in [6, 6.07) is 87.7. The Bertz CT molecular complexity index is 2670. The Kier molecular flexibility index (Phi) is 9.26. The normalized spacial score (nSPS) is 13.9. The summed E-state index contributed by atoms with van der Waals surface area (Å²) < 4.78 is 0. The maximum Gasteiger partial charge on any atom is 0.180 e. The first-order chi connectivity index (χ1) is 29.7. The van der Waals surface area contributed by atoms with Crippen LogP contribution in [0.5, 0.6) is 0 Å². The average Bonchev–Trinajstić information content (AvgIpc) is 3.79. The van der Waals surface area contributed by atoms with Gasteiger partial charge in [0, 0.05) is 0 Å². The van der Waals surface area contributed by atoms with Crippen molar-refractivity contribution >= 4 is 57.6 Å². The predicted octanol–water partition coefficient (Wildman–Crippen LogP) is 7.97. The molecule has 2 heteroatoms. The van der Waals surface area contributed by atoms with Crippen molar-refractivity contribution in [1.29, 1.82) is 0 Å². The van der Waals surface area contributed by atoms with Crippen LogP contribution >= 0.6 is 0 Å². The summed E-state index contributed by atoms with van der Waals surface area (Å²) in [5.41, 5.74) is 11.2. The molecule has 0 aliphatic carbocycles. The third-order valence-corrected chi connectivity index (χ3v) is 23.2. The molecule has 0 radical (unpaired) electrons. The Balaban J connectivity index is 0.832. The molecule has 286 valence electrons. The van der Waals surface area contributed by atoms with E-state index in [-0.39, 0.29) is 0 Å². The van der Waals surface area contributed by atoms with Crippen LogP contribution in [0.3, 0.4) is 0 Å². The molecular formula is C58H46Si2. The summed E-state index contributed by atoms with van der Waals surface area (Å²) in [6.07, 6.45) is 4.10. The van der Waals surface area contributed by atoms with Gasteiger partial charge in [0.2, 0.25) is 0 Å². The lowest BCUT2D eigenvalue weighted by Crippen LogP contribution is -2.72. The van der Waals surface area contributed by atoms with Crippen LogP contribution < -0.4 is 41.5 Å². The highest BCUT2D eigenvalue weighted by Crippen LogP contribution is 2.31. The first-order valence-electron chi connectivity index (χ1n) is 21.5. The molecule has 0 spiro atoms. The maximum atomic E-state index is 2.50. The van der Waals surface area contributed by atoms with E-state index < -0.39 is 16.1 Å². The van der Waals surface area contributed by atoms with Crippen LogP contribution in [0.2, 0.25) is 0 Å². The van der Waals surface area contributed by atoms with E-state index in [2.05, 4.69) is 231 Å². The lowest BCUT2D eigenvalue weighted by molar-refractivity contribution is 0.941. The predicted molar refractivity (Wildman–Crippen MR) is 259 cm³/mol. The Morgan fingerprint density at radius 1 is 0.217 bits per heavy atom. The molecule has 60 heavy (non-hydrogen) atoms. The minimum atomic E-state index is -2.43. The highest BCUT2D eigenvalue weighted by atomic mass is 28.3. The van der Waals surface area contributed by atoms with Gasteiger partial charge in [-0.3, -0.25) is 0 Å². The number of rotatable bonds is 10. The third kappa shape index (κ3) is 5.85. The van der Waals surface area contributed by atoms with Crippen molar-refractivity contribution in [3.8, 4) is 22.3 Å². The van der Waals surface area contributed by atoms with Gasteiger partial charge in [-0.15, -0.1) is 0 Å². The van der Waals surface area contributed by atoms with Gasteiger partial charge in [0.15, 0.2) is 16.1 Å². The zero-order valence-corrected chi connectivity index (χ0v) is 35.8. The van der Waals surface area contributed by atoms with E-state index in [0.717, 1.165) is 25.7 Å². The van der Waals surface area contributed by atoms with E-state index in [9.17, 15) is 0 Å². The molecule has 2 aliphatic rings. The first-order valence-corrected chi connectivity index (χ1v) is 25.5. The summed E-state index contributed by atoms with van der Waals surface area (Å²) in [4.78, 5) is 0. The topological polar surface area (TPSA) is 0 Å². The summed E-state index contributed by atoms with van der Waals surface area (Å²) >= 11 is 0. The standard InChI is InChI=1S/C58H46Si2/c1-5-17-47(18-6-1)59(48-19-7-2-8-20-48)55-27-15-13-25-51(55)53-41-45(37-39-57(53)59)35-33-43-29-31-44(32-30-43)34-36-46-38-40-58-54(42-46)52-26-14-16-28-56(52)60(58,49-21-9-3-10-22-49)50-23-11-4-12-24-50/h1-32,37-42H,33-36H2. The molecule has 0 saturated heterocycles. The van der Waals surface area contributed by atoms with Gasteiger partial charge in [0.25, 0.3) is 0 Å². The monoisotopic (exact) mass is 798 g/mol. The van der Waals surface area contributed by atoms with Crippen LogP contribution in [-0.2, 0) is 25.7 Å². The Morgan fingerprint density at radius 3 is 0.833 bits per heavy atom. The lowest BCUT2D eigenvalue weighted by atomic mass is 9.97. The van der Waals surface area contributed by atoms with Crippen molar-refractivity contribution in [2.24, 2.45) is 0 Å². The molecule has 2 aliphatic heterocycles. The fraction of sp³-hybridized carbons (Fsp3) is 0.0690. The van der Waals surface area contributed by atoms with E-state index in [1.165, 1.54) is 86.0 Å². The minimum absolute atomic E-state index is 1.02. The zero-order chi connectivity index (χ0) is 39.9. The summed E-state index contributed by atoms with van der Waals surface area (Å²) in [6.45, 7) is 0. The van der Waals surface area contributed by atoms with Crippen molar-refractivity contribution in [1.82, 2.24) is 0 Å². The van der Waals surface area contributed by atoms with Crippen molar-refractivity contribution in [3.63, 3.8) is 0 Å². The molecule has 0 N–H and O–H groups in total. The Morgan fingerprint density at radius 2 is 0.483 bits per heavy atom. The summed E-state index contributed by atoms with van der Waals surface area (Å²) in [5, 5.41) is 11.8. The Labute approximate surface area is 356 Å². The second kappa shape index (κ2) is 15.2. The molecule has 0 saturated carbocycles. The quantitative estimate of drug-likeness (QED) is 0.123. The summed E-state index contributed by atoms with van der Waals surface area (Å²) in [5.74, 6) is 0. The molecule has 2 heterocycles. The first kappa shape index (κ1) is 36.5. The van der Waals surface area contributed by atoms with Crippen LogP contribution in [-0.4, -0.2) is 16.1 Å². The molecule has 0 amide bonds. The number of benzene rings is 9. The smallest absolute Gasteiger partial charge is 0.0623 e. The van der Waals surface area contributed by atoms with E-state index in [4.69, 9.17) is 0 Å². The molecule has 9 aromatic carbocycles. The van der Waals surface area contributed by atoms with E-state index >= 15 is 0 Å². The van der Waals surface area contributed by atoms with Gasteiger partial charge in [-0.25, -0.2) is 0 Å². The van der Waals surface area contributed by atoms with Crippen molar-refractivity contribution in [3.05, 3.63) is 253 Å². The molecule has 0 nitrogen and oxygen atoms in total. The van der Waals surface area contributed by atoms with Crippen molar-refractivity contribution in [2.45, 2.75) is 25.7 Å². The highest BCUT2D eigenvalue weighted by molar-refractivity contribution is 7.23. The van der Waals surface area contributed by atoms with Crippen molar-refractivity contribution < 1.29 is 0 Å². The molecular weight excluding hydrogens is 753 g/mol. The van der Waals surface area contributed by atoms with E-state index in [0.29, 0.717) is 0 Å². The summed E-state index contributed by atoms with van der Waals surface area (Å²) in [7, 11) is -4.86. The molecule has 0 fully saturated rings. The maximum absolute atomic E-state index is 2.50. The molecule has 0 unspecified atom stereocenters. The number of aryl methyl sites for hydroxylation is 4. The van der Waals surface area contributed by atoms with Gasteiger partial charge >= 0.3 is 0 Å². The van der Waals surface area contributed by atoms with E-state index in [1.54, 1.807) is 0 Å². The molecule has 9 aromatic rings. The second-order valence-corrected chi connectivity index (χ2v) is 24.1. The average molecular weight is 799 g/mol. The molecule has 11 rings (SSSR count). The SMILES string of the molecule is c1ccc([Si]2(c3ccccc3)c3ccccc3-c3cc(CCc4ccc(CCc5ccc6c(c5)-c5ccccc5[Si]6(c5ccccc5)c5ccccc5)cc4)ccc32)cc1. The van der Waals surface area contributed by atoms with Gasteiger partial charge in [0.1, 0.15) is 0 Å². The molecule has 0 bridgehead atoms. The second-order valence-electron chi connectivity index (χ2n) is 16.6. The fourth-order valence-electron chi connectivity index (χ4n) is 10.8. The molecule has 0 atom stereocenters. The highest BCUT2D eigenvalue weighted by Gasteiger charge is 2.49.